The Morgan fingerprint density at radius 2 is 2.44 bits per heavy atom. The molecule has 0 aromatic carbocycles. The molecule has 0 heterocycles. The maximum atomic E-state index is 10.0. The number of hydrogen-bond donors (Lipinski definition) is 1. The van der Waals surface area contributed by atoms with E-state index in [1.165, 1.54) is 24.0 Å². The quantitative estimate of drug-likeness (QED) is 0.353. The highest BCUT2D eigenvalue weighted by molar-refractivity contribution is 8.11. The smallest absolute Gasteiger partial charge is 0.242 e. The van der Waals surface area contributed by atoms with Crippen molar-refractivity contribution < 1.29 is 4.79 Å². The van der Waals surface area contributed by atoms with Gasteiger partial charge in [0.25, 0.3) is 0 Å². The van der Waals surface area contributed by atoms with Crippen molar-refractivity contribution in [2.24, 2.45) is 10.7 Å². The third kappa shape index (κ3) is 7.23. The molecule has 50 valence electrons. The lowest BCUT2D eigenvalue weighted by Crippen LogP contribution is -2.04. The van der Waals surface area contributed by atoms with E-state index in [9.17, 15) is 4.79 Å². The number of amides is 1. The lowest BCUT2D eigenvalue weighted by molar-refractivity contribution is -0.113. The number of hydrogen-bond acceptors (Lipinski definition) is 3. The standard InChI is InChI=1S/C5H8N2OS/c1-9-4-7-3-2-5(6)8/h2-4H,1H3,(H2,6,8)/b3-2-,7-4?. The van der Waals surface area contributed by atoms with Crippen LogP contribution >= 0.6 is 11.8 Å². The molecular weight excluding hydrogens is 136 g/mol. The molecule has 0 aliphatic rings. The van der Waals surface area contributed by atoms with Crippen LogP contribution in [0.2, 0.25) is 0 Å². The van der Waals surface area contributed by atoms with E-state index in [0.29, 0.717) is 0 Å². The number of nitrogens with two attached hydrogens (primary N) is 1. The first-order valence-corrected chi connectivity index (χ1v) is 3.56. The third-order valence-electron chi connectivity index (χ3n) is 0.491. The third-order valence-corrected chi connectivity index (χ3v) is 0.824. The Labute approximate surface area is 58.0 Å². The van der Waals surface area contributed by atoms with Gasteiger partial charge < -0.3 is 5.73 Å². The van der Waals surface area contributed by atoms with Crippen molar-refractivity contribution in [3.05, 3.63) is 12.3 Å². The lowest BCUT2D eigenvalue weighted by atomic mass is 10.6. The summed E-state index contributed by atoms with van der Waals surface area (Å²) < 4.78 is 0. The average Bonchev–Trinajstić information content (AvgIpc) is 1.80. The summed E-state index contributed by atoms with van der Waals surface area (Å²) in [7, 11) is 0. The predicted molar refractivity (Wildman–Crippen MR) is 40.3 cm³/mol. The monoisotopic (exact) mass is 144 g/mol. The zero-order valence-electron chi connectivity index (χ0n) is 5.07. The van der Waals surface area contributed by atoms with Gasteiger partial charge in [0.1, 0.15) is 0 Å². The number of carbonyl (C=O) groups is 1. The number of rotatable bonds is 3. The topological polar surface area (TPSA) is 55.4 Å². The summed E-state index contributed by atoms with van der Waals surface area (Å²) in [6.45, 7) is 0. The summed E-state index contributed by atoms with van der Waals surface area (Å²) in [5, 5.41) is 0. The van der Waals surface area contributed by atoms with Gasteiger partial charge in [0.15, 0.2) is 0 Å². The van der Waals surface area contributed by atoms with Crippen molar-refractivity contribution in [1.29, 1.82) is 0 Å². The minimum absolute atomic E-state index is 0.478. The van der Waals surface area contributed by atoms with E-state index >= 15 is 0 Å². The zero-order valence-corrected chi connectivity index (χ0v) is 5.89. The normalized spacial score (nSPS) is 11.2. The van der Waals surface area contributed by atoms with Gasteiger partial charge in [0.2, 0.25) is 5.91 Å². The molecule has 0 saturated heterocycles. The first-order chi connectivity index (χ1) is 4.27. The van der Waals surface area contributed by atoms with Gasteiger partial charge in [-0.25, -0.2) is 0 Å². The van der Waals surface area contributed by atoms with Crippen LogP contribution in [-0.4, -0.2) is 17.7 Å². The molecule has 0 unspecified atom stereocenters. The minimum atomic E-state index is -0.478. The summed E-state index contributed by atoms with van der Waals surface area (Å²) >= 11 is 1.46. The van der Waals surface area contributed by atoms with Crippen LogP contribution in [0.3, 0.4) is 0 Å². The van der Waals surface area contributed by atoms with Crippen LogP contribution in [0.4, 0.5) is 0 Å². The summed E-state index contributed by atoms with van der Waals surface area (Å²) in [5.41, 5.74) is 6.38. The van der Waals surface area contributed by atoms with E-state index in [1.807, 2.05) is 6.26 Å². The highest BCUT2D eigenvalue weighted by atomic mass is 32.2. The maximum Gasteiger partial charge on any atom is 0.242 e. The van der Waals surface area contributed by atoms with Crippen molar-refractivity contribution in [3.8, 4) is 0 Å². The Kier molecular flexibility index (Phi) is 4.91. The van der Waals surface area contributed by atoms with Crippen LogP contribution in [0.5, 0.6) is 0 Å². The molecule has 0 atom stereocenters. The molecule has 0 saturated carbocycles. The fourth-order valence-electron chi connectivity index (χ4n) is 0.212. The molecule has 0 radical (unpaired) electrons. The second-order valence-electron chi connectivity index (χ2n) is 1.21. The summed E-state index contributed by atoms with van der Waals surface area (Å²) in [4.78, 5) is 13.7. The number of aliphatic imine (C=N–C) groups is 1. The Bertz CT molecular complexity index is 142. The van der Waals surface area contributed by atoms with Gasteiger partial charge >= 0.3 is 0 Å². The van der Waals surface area contributed by atoms with Crippen LogP contribution in [0.15, 0.2) is 17.3 Å². The largest absolute Gasteiger partial charge is 0.366 e. The highest BCUT2D eigenvalue weighted by Gasteiger charge is 1.76. The molecule has 0 aromatic heterocycles. The van der Waals surface area contributed by atoms with Gasteiger partial charge in [0, 0.05) is 12.3 Å². The number of nitrogens with zero attached hydrogens (tertiary/aromatic N) is 1. The molecule has 4 heteroatoms. The molecule has 9 heavy (non-hydrogen) atoms. The van der Waals surface area contributed by atoms with Gasteiger partial charge in [-0.2, -0.15) is 0 Å². The van der Waals surface area contributed by atoms with Crippen molar-refractivity contribution in [2.45, 2.75) is 0 Å². The second-order valence-corrected chi connectivity index (χ2v) is 1.89. The van der Waals surface area contributed by atoms with E-state index in [4.69, 9.17) is 5.73 Å². The Morgan fingerprint density at radius 3 is 2.89 bits per heavy atom. The molecule has 3 nitrogen and oxygen atoms in total. The van der Waals surface area contributed by atoms with E-state index in [0.717, 1.165) is 0 Å². The van der Waals surface area contributed by atoms with Gasteiger partial charge in [-0.1, -0.05) is 0 Å². The lowest BCUT2D eigenvalue weighted by Gasteiger charge is -1.75. The summed E-state index contributed by atoms with van der Waals surface area (Å²) in [6, 6.07) is 0. The van der Waals surface area contributed by atoms with E-state index in [2.05, 4.69) is 4.99 Å². The fourth-order valence-corrected chi connectivity index (χ4v) is 0.404. The molecule has 0 aliphatic heterocycles. The van der Waals surface area contributed by atoms with Crippen molar-refractivity contribution in [3.63, 3.8) is 0 Å². The van der Waals surface area contributed by atoms with Crippen molar-refractivity contribution in [1.82, 2.24) is 0 Å². The number of primary amides is 1. The molecular formula is C5H8N2OS. The summed E-state index contributed by atoms with van der Waals surface area (Å²) in [6.07, 6.45) is 4.44. The predicted octanol–water partition coefficient (Wildman–Crippen LogP) is 0.377. The molecule has 0 rings (SSSR count). The summed E-state index contributed by atoms with van der Waals surface area (Å²) in [5.74, 6) is -0.478. The van der Waals surface area contributed by atoms with Crippen LogP contribution in [-0.2, 0) is 4.79 Å². The van der Waals surface area contributed by atoms with Crippen LogP contribution in [0, 0.1) is 0 Å². The van der Waals surface area contributed by atoms with Gasteiger partial charge in [-0.15, -0.1) is 11.8 Å². The number of carbonyl (C=O) groups excluding carboxylic acids is 1. The van der Waals surface area contributed by atoms with Crippen LogP contribution in [0.1, 0.15) is 0 Å². The fraction of sp³-hybridized carbons (Fsp3) is 0.200. The van der Waals surface area contributed by atoms with Crippen molar-refractivity contribution >= 4 is 23.2 Å². The SMILES string of the molecule is CSC=N/C=C\C(N)=O. The minimum Gasteiger partial charge on any atom is -0.366 e. The average molecular weight is 144 g/mol. The van der Waals surface area contributed by atoms with Gasteiger partial charge in [-0.05, 0) is 6.26 Å². The Morgan fingerprint density at radius 1 is 1.78 bits per heavy atom. The second kappa shape index (κ2) is 5.37. The van der Waals surface area contributed by atoms with Gasteiger partial charge in [-0.3, -0.25) is 9.79 Å². The first-order valence-electron chi connectivity index (χ1n) is 2.28. The van der Waals surface area contributed by atoms with Crippen LogP contribution in [0.25, 0.3) is 0 Å². The first kappa shape index (κ1) is 8.23. The zero-order chi connectivity index (χ0) is 7.11. The highest BCUT2D eigenvalue weighted by Crippen LogP contribution is 1.83. The molecule has 2 N–H and O–H groups in total. The van der Waals surface area contributed by atoms with Crippen LogP contribution < -0.4 is 5.73 Å². The van der Waals surface area contributed by atoms with Gasteiger partial charge in [0.05, 0.1) is 5.55 Å². The Balaban J connectivity index is 3.47. The molecule has 0 fully saturated rings. The number of thioether (sulfide) groups is 1. The maximum absolute atomic E-state index is 10.0. The van der Waals surface area contributed by atoms with E-state index in [-0.39, 0.29) is 0 Å². The van der Waals surface area contributed by atoms with Crippen molar-refractivity contribution in [2.75, 3.05) is 6.26 Å². The molecule has 1 amide bonds. The molecule has 0 bridgehead atoms. The molecule has 0 aromatic rings. The molecule has 0 aliphatic carbocycles. The Hall–Kier alpha value is -0.770. The van der Waals surface area contributed by atoms with E-state index in [1.54, 1.807) is 5.55 Å². The van der Waals surface area contributed by atoms with E-state index < -0.39 is 5.91 Å². The molecule has 0 spiro atoms.